The van der Waals surface area contributed by atoms with Crippen molar-refractivity contribution in [3.8, 4) is 0 Å². The second kappa shape index (κ2) is 10.8. The Morgan fingerprint density at radius 2 is 1.61 bits per heavy atom. The summed E-state index contributed by atoms with van der Waals surface area (Å²) < 4.78 is 0. The van der Waals surface area contributed by atoms with Gasteiger partial charge in [-0.2, -0.15) is 0 Å². The van der Waals surface area contributed by atoms with Crippen molar-refractivity contribution in [2.75, 3.05) is 13.1 Å². The van der Waals surface area contributed by atoms with Gasteiger partial charge in [0.05, 0.1) is 0 Å². The number of aryl methyl sites for hydroxylation is 1. The Bertz CT molecular complexity index is 763. The number of carbonyl (C=O) groups excluding carboxylic acids is 3. The Morgan fingerprint density at radius 3 is 2.19 bits per heavy atom. The van der Waals surface area contributed by atoms with Gasteiger partial charge in [0.1, 0.15) is 6.04 Å². The van der Waals surface area contributed by atoms with Crippen molar-refractivity contribution in [1.82, 2.24) is 15.5 Å². The lowest BCUT2D eigenvalue weighted by atomic mass is 9.87. The van der Waals surface area contributed by atoms with E-state index in [4.69, 9.17) is 0 Å². The van der Waals surface area contributed by atoms with Crippen LogP contribution >= 0.6 is 0 Å². The average Bonchev–Trinajstić information content (AvgIpc) is 3.32. The fraction of sp³-hybridized carbons (Fsp3) is 0.640. The Hall–Kier alpha value is -2.37. The molecule has 1 aromatic carbocycles. The lowest BCUT2D eigenvalue weighted by molar-refractivity contribution is -0.137. The van der Waals surface area contributed by atoms with Crippen molar-refractivity contribution in [2.45, 2.75) is 77.8 Å². The van der Waals surface area contributed by atoms with Gasteiger partial charge in [0, 0.05) is 30.6 Å². The SMILES string of the molecule is CCC(C)NC(=O)C(NC(=O)c1ccc(C)cc1)C1CCN(C(=O)C2CCCC2)CC1. The predicted molar refractivity (Wildman–Crippen MR) is 122 cm³/mol. The van der Waals surface area contributed by atoms with Gasteiger partial charge < -0.3 is 15.5 Å². The van der Waals surface area contributed by atoms with Crippen molar-refractivity contribution in [3.63, 3.8) is 0 Å². The minimum atomic E-state index is -0.591. The Labute approximate surface area is 186 Å². The molecule has 1 saturated heterocycles. The molecular formula is C25H37N3O3. The Kier molecular flexibility index (Phi) is 8.10. The molecule has 6 heteroatoms. The Morgan fingerprint density at radius 1 is 1.00 bits per heavy atom. The third-order valence-electron chi connectivity index (χ3n) is 6.91. The summed E-state index contributed by atoms with van der Waals surface area (Å²) >= 11 is 0. The van der Waals surface area contributed by atoms with Crippen LogP contribution in [0.15, 0.2) is 24.3 Å². The summed E-state index contributed by atoms with van der Waals surface area (Å²) in [6.45, 7) is 7.29. The molecule has 0 radical (unpaired) electrons. The number of hydrogen-bond donors (Lipinski definition) is 2. The lowest BCUT2D eigenvalue weighted by Crippen LogP contribution is -2.55. The molecule has 1 aromatic rings. The highest BCUT2D eigenvalue weighted by atomic mass is 16.2. The van der Waals surface area contributed by atoms with Gasteiger partial charge in [0.2, 0.25) is 11.8 Å². The molecule has 2 N–H and O–H groups in total. The maximum Gasteiger partial charge on any atom is 0.251 e. The predicted octanol–water partition coefficient (Wildman–Crippen LogP) is 3.44. The first-order chi connectivity index (χ1) is 14.9. The monoisotopic (exact) mass is 427 g/mol. The van der Waals surface area contributed by atoms with Gasteiger partial charge in [0.25, 0.3) is 5.91 Å². The summed E-state index contributed by atoms with van der Waals surface area (Å²) in [6, 6.07) is 6.84. The van der Waals surface area contributed by atoms with Gasteiger partial charge in [-0.15, -0.1) is 0 Å². The highest BCUT2D eigenvalue weighted by Gasteiger charge is 2.36. The minimum Gasteiger partial charge on any atom is -0.352 e. The van der Waals surface area contributed by atoms with Crippen LogP contribution in [0.2, 0.25) is 0 Å². The number of likely N-dealkylation sites (tertiary alicyclic amines) is 1. The Balaban J connectivity index is 1.66. The summed E-state index contributed by atoms with van der Waals surface area (Å²) in [5.41, 5.74) is 1.64. The topological polar surface area (TPSA) is 78.5 Å². The van der Waals surface area contributed by atoms with E-state index >= 15 is 0 Å². The first kappa shape index (κ1) is 23.3. The van der Waals surface area contributed by atoms with E-state index in [2.05, 4.69) is 10.6 Å². The summed E-state index contributed by atoms with van der Waals surface area (Å²) in [5, 5.41) is 6.03. The number of nitrogens with zero attached hydrogens (tertiary/aromatic N) is 1. The van der Waals surface area contributed by atoms with E-state index < -0.39 is 6.04 Å². The molecule has 3 rings (SSSR count). The third-order valence-corrected chi connectivity index (χ3v) is 6.91. The molecular weight excluding hydrogens is 390 g/mol. The standard InChI is InChI=1S/C25H37N3O3/c1-4-18(3)26-24(30)22(27-23(29)20-11-9-17(2)10-12-20)19-13-15-28(16-14-19)25(31)21-7-5-6-8-21/h9-12,18-19,21-22H,4-8,13-16H2,1-3H3,(H,26,30)(H,27,29). The highest BCUT2D eigenvalue weighted by Crippen LogP contribution is 2.29. The third kappa shape index (κ3) is 6.08. The van der Waals surface area contributed by atoms with Crippen molar-refractivity contribution in [3.05, 3.63) is 35.4 Å². The molecule has 2 fully saturated rings. The van der Waals surface area contributed by atoms with Gasteiger partial charge in [-0.1, -0.05) is 37.5 Å². The van der Waals surface area contributed by atoms with E-state index in [1.807, 2.05) is 37.8 Å². The van der Waals surface area contributed by atoms with E-state index in [-0.39, 0.29) is 35.6 Å². The molecule has 1 saturated carbocycles. The summed E-state index contributed by atoms with van der Waals surface area (Å²) in [4.78, 5) is 40.6. The van der Waals surface area contributed by atoms with Gasteiger partial charge in [-0.3, -0.25) is 14.4 Å². The maximum atomic E-state index is 13.1. The van der Waals surface area contributed by atoms with Gasteiger partial charge in [0.15, 0.2) is 0 Å². The quantitative estimate of drug-likeness (QED) is 0.700. The van der Waals surface area contributed by atoms with Crippen LogP contribution < -0.4 is 10.6 Å². The van der Waals surface area contributed by atoms with Crippen molar-refractivity contribution < 1.29 is 14.4 Å². The molecule has 3 amide bonds. The zero-order valence-electron chi connectivity index (χ0n) is 19.2. The molecule has 170 valence electrons. The molecule has 6 nitrogen and oxygen atoms in total. The molecule has 2 atom stereocenters. The molecule has 0 aromatic heterocycles. The molecule has 0 bridgehead atoms. The number of nitrogens with one attached hydrogen (secondary N) is 2. The van der Waals surface area contributed by atoms with Crippen LogP contribution in [0.5, 0.6) is 0 Å². The summed E-state index contributed by atoms with van der Waals surface area (Å²) in [5.74, 6) is 0.123. The number of carbonyl (C=O) groups is 3. The number of rotatable bonds is 7. The number of hydrogen-bond acceptors (Lipinski definition) is 3. The van der Waals surface area contributed by atoms with E-state index in [0.717, 1.165) is 50.5 Å². The minimum absolute atomic E-state index is 0.0195. The van der Waals surface area contributed by atoms with Crippen LogP contribution in [0.25, 0.3) is 0 Å². The van der Waals surface area contributed by atoms with Crippen LogP contribution in [-0.2, 0) is 9.59 Å². The zero-order valence-corrected chi connectivity index (χ0v) is 19.2. The molecule has 1 heterocycles. The first-order valence-corrected chi connectivity index (χ1v) is 11.9. The lowest BCUT2D eigenvalue weighted by Gasteiger charge is -2.37. The van der Waals surface area contributed by atoms with Gasteiger partial charge >= 0.3 is 0 Å². The number of benzene rings is 1. The fourth-order valence-corrected chi connectivity index (χ4v) is 4.65. The van der Waals surface area contributed by atoms with Crippen LogP contribution in [0.3, 0.4) is 0 Å². The molecule has 2 unspecified atom stereocenters. The van der Waals surface area contributed by atoms with Gasteiger partial charge in [-0.25, -0.2) is 0 Å². The van der Waals surface area contributed by atoms with E-state index in [0.29, 0.717) is 18.7 Å². The van der Waals surface area contributed by atoms with Crippen molar-refractivity contribution in [1.29, 1.82) is 0 Å². The van der Waals surface area contributed by atoms with Crippen LogP contribution in [0.4, 0.5) is 0 Å². The average molecular weight is 428 g/mol. The second-order valence-corrected chi connectivity index (χ2v) is 9.28. The number of amides is 3. The first-order valence-electron chi connectivity index (χ1n) is 11.9. The van der Waals surface area contributed by atoms with Crippen molar-refractivity contribution >= 4 is 17.7 Å². The van der Waals surface area contributed by atoms with Crippen LogP contribution in [-0.4, -0.2) is 47.8 Å². The van der Waals surface area contributed by atoms with Gasteiger partial charge in [-0.05, 0) is 64.0 Å². The van der Waals surface area contributed by atoms with Crippen molar-refractivity contribution in [2.24, 2.45) is 11.8 Å². The summed E-state index contributed by atoms with van der Waals surface area (Å²) in [7, 11) is 0. The van der Waals surface area contributed by atoms with E-state index in [1.54, 1.807) is 12.1 Å². The maximum absolute atomic E-state index is 13.1. The molecule has 2 aliphatic rings. The van der Waals surface area contributed by atoms with E-state index in [9.17, 15) is 14.4 Å². The van der Waals surface area contributed by atoms with Crippen LogP contribution in [0, 0.1) is 18.8 Å². The highest BCUT2D eigenvalue weighted by molar-refractivity contribution is 5.97. The molecule has 0 spiro atoms. The normalized spacial score (nSPS) is 19.6. The smallest absolute Gasteiger partial charge is 0.251 e. The summed E-state index contributed by atoms with van der Waals surface area (Å²) in [6.07, 6.45) is 6.59. The largest absolute Gasteiger partial charge is 0.352 e. The van der Waals surface area contributed by atoms with E-state index in [1.165, 1.54) is 0 Å². The zero-order chi connectivity index (χ0) is 22.4. The molecule has 1 aliphatic carbocycles. The molecule has 31 heavy (non-hydrogen) atoms. The fourth-order valence-electron chi connectivity index (χ4n) is 4.65. The molecule has 1 aliphatic heterocycles. The second-order valence-electron chi connectivity index (χ2n) is 9.28. The van der Waals surface area contributed by atoms with Crippen LogP contribution in [0.1, 0.15) is 74.7 Å². The number of piperidine rings is 1.